The van der Waals surface area contributed by atoms with Gasteiger partial charge in [0.1, 0.15) is 0 Å². The van der Waals surface area contributed by atoms with Gasteiger partial charge >= 0.3 is 12.0 Å². The fourth-order valence-electron chi connectivity index (χ4n) is 4.13. The summed E-state index contributed by atoms with van der Waals surface area (Å²) in [7, 11) is 1.84. The van der Waals surface area contributed by atoms with Crippen LogP contribution in [-0.2, 0) is 4.79 Å². The van der Waals surface area contributed by atoms with Crippen molar-refractivity contribution in [1.29, 1.82) is 0 Å². The second-order valence-electron chi connectivity index (χ2n) is 7.72. The number of benzene rings is 1. The van der Waals surface area contributed by atoms with Crippen LogP contribution in [0.5, 0.6) is 0 Å². The maximum atomic E-state index is 12.6. The zero-order valence-electron chi connectivity index (χ0n) is 15.7. The first-order valence-electron chi connectivity index (χ1n) is 9.66. The second-order valence-corrected chi connectivity index (χ2v) is 8.12. The Balaban J connectivity index is 1.44. The molecular formula is C20H28ClN3O3. The molecule has 0 bridgehead atoms. The van der Waals surface area contributed by atoms with Gasteiger partial charge in [-0.2, -0.15) is 0 Å². The van der Waals surface area contributed by atoms with E-state index < -0.39 is 5.97 Å². The van der Waals surface area contributed by atoms with E-state index >= 15 is 0 Å². The lowest BCUT2D eigenvalue weighted by Crippen LogP contribution is -2.49. The van der Waals surface area contributed by atoms with Gasteiger partial charge in [-0.05, 0) is 56.7 Å². The molecule has 1 aromatic carbocycles. The second kappa shape index (κ2) is 8.93. The van der Waals surface area contributed by atoms with E-state index in [0.717, 1.165) is 43.7 Å². The third-order valence-electron chi connectivity index (χ3n) is 5.80. The van der Waals surface area contributed by atoms with Gasteiger partial charge in [-0.3, -0.25) is 9.69 Å². The molecule has 2 aliphatic rings. The number of carbonyl (C=O) groups excluding carboxylic acids is 1. The number of hydrogen-bond acceptors (Lipinski definition) is 3. The first-order valence-corrected chi connectivity index (χ1v) is 10.0. The van der Waals surface area contributed by atoms with Gasteiger partial charge in [0.2, 0.25) is 0 Å². The number of likely N-dealkylation sites (N-methyl/N-ethyl adjacent to an activating group) is 1. The van der Waals surface area contributed by atoms with Crippen molar-refractivity contribution < 1.29 is 14.7 Å². The number of amides is 2. The molecule has 0 radical (unpaired) electrons. The number of nitrogens with zero attached hydrogens (tertiary/aromatic N) is 2. The molecule has 27 heavy (non-hydrogen) atoms. The van der Waals surface area contributed by atoms with E-state index in [-0.39, 0.29) is 24.7 Å². The quantitative estimate of drug-likeness (QED) is 0.805. The number of carboxylic acids is 1. The minimum Gasteiger partial charge on any atom is -0.480 e. The molecule has 1 saturated heterocycles. The van der Waals surface area contributed by atoms with Gasteiger partial charge in [0, 0.05) is 30.2 Å². The van der Waals surface area contributed by atoms with E-state index in [1.807, 2.05) is 35.0 Å². The van der Waals surface area contributed by atoms with Crippen LogP contribution < -0.4 is 5.32 Å². The number of rotatable bonds is 5. The summed E-state index contributed by atoms with van der Waals surface area (Å²) in [5.41, 5.74) is 1.17. The number of hydrogen-bond donors (Lipinski definition) is 2. The molecular weight excluding hydrogens is 366 g/mol. The Hall–Kier alpha value is -1.79. The van der Waals surface area contributed by atoms with E-state index in [1.54, 1.807) is 0 Å². The van der Waals surface area contributed by atoms with Crippen LogP contribution in [0.3, 0.4) is 0 Å². The lowest BCUT2D eigenvalue weighted by atomic mass is 9.76. The summed E-state index contributed by atoms with van der Waals surface area (Å²) >= 11 is 6.26. The van der Waals surface area contributed by atoms with Crippen LogP contribution in [0.15, 0.2) is 24.3 Å². The van der Waals surface area contributed by atoms with Crippen molar-refractivity contribution in [2.75, 3.05) is 26.7 Å². The summed E-state index contributed by atoms with van der Waals surface area (Å²) in [4.78, 5) is 27.2. The highest BCUT2D eigenvalue weighted by Gasteiger charge is 2.33. The van der Waals surface area contributed by atoms with E-state index in [0.29, 0.717) is 12.5 Å². The Morgan fingerprint density at radius 2 is 2.00 bits per heavy atom. The standard InChI is InChI=1S/C20H28ClN3O3/c1-23(13-19(25)26)16-5-4-9-24(10-8-16)20(27)22-15-11-14(12-15)17-6-2-3-7-18(17)21/h2-3,6-7,14-16H,4-5,8-13H2,1H3,(H,22,27)(H,25,26). The number of likely N-dealkylation sites (tertiary alicyclic amines) is 1. The molecule has 1 aliphatic heterocycles. The zero-order valence-corrected chi connectivity index (χ0v) is 16.5. The van der Waals surface area contributed by atoms with Gasteiger partial charge in [-0.1, -0.05) is 29.8 Å². The Labute approximate surface area is 165 Å². The van der Waals surface area contributed by atoms with Gasteiger partial charge in [-0.25, -0.2) is 4.79 Å². The van der Waals surface area contributed by atoms with Gasteiger partial charge in [0.15, 0.2) is 0 Å². The number of halogens is 1. The van der Waals surface area contributed by atoms with E-state index in [2.05, 4.69) is 11.4 Å². The minimum absolute atomic E-state index is 0.000791. The van der Waals surface area contributed by atoms with Crippen LogP contribution in [0, 0.1) is 0 Å². The van der Waals surface area contributed by atoms with E-state index in [9.17, 15) is 9.59 Å². The largest absolute Gasteiger partial charge is 0.480 e. The number of aliphatic carboxylic acids is 1. The molecule has 7 heteroatoms. The summed E-state index contributed by atoms with van der Waals surface area (Å²) in [6.07, 6.45) is 4.48. The number of nitrogens with one attached hydrogen (secondary N) is 1. The fourth-order valence-corrected chi connectivity index (χ4v) is 4.42. The lowest BCUT2D eigenvalue weighted by Gasteiger charge is -2.37. The summed E-state index contributed by atoms with van der Waals surface area (Å²) in [5.74, 6) is -0.392. The lowest BCUT2D eigenvalue weighted by molar-refractivity contribution is -0.138. The predicted octanol–water partition coefficient (Wildman–Crippen LogP) is 3.17. The van der Waals surface area contributed by atoms with Crippen LogP contribution in [-0.4, -0.2) is 65.7 Å². The molecule has 1 aliphatic carbocycles. The molecule has 2 fully saturated rings. The first kappa shape index (κ1) is 20.0. The van der Waals surface area contributed by atoms with E-state index in [1.165, 1.54) is 5.56 Å². The molecule has 1 unspecified atom stereocenters. The van der Waals surface area contributed by atoms with Crippen molar-refractivity contribution in [1.82, 2.24) is 15.1 Å². The average Bonchev–Trinajstić information content (AvgIpc) is 2.84. The Morgan fingerprint density at radius 1 is 1.26 bits per heavy atom. The molecule has 1 atom stereocenters. The molecule has 0 spiro atoms. The van der Waals surface area contributed by atoms with Crippen LogP contribution in [0.1, 0.15) is 43.6 Å². The summed E-state index contributed by atoms with van der Waals surface area (Å²) in [6.45, 7) is 1.44. The number of urea groups is 1. The Bertz CT molecular complexity index is 678. The maximum absolute atomic E-state index is 12.6. The number of carbonyl (C=O) groups is 2. The molecule has 2 N–H and O–H groups in total. The van der Waals surface area contributed by atoms with Crippen LogP contribution in [0.25, 0.3) is 0 Å². The van der Waals surface area contributed by atoms with E-state index in [4.69, 9.17) is 16.7 Å². The van der Waals surface area contributed by atoms with Crippen molar-refractivity contribution in [2.45, 2.75) is 50.1 Å². The molecule has 1 aromatic rings. The third kappa shape index (κ3) is 5.14. The van der Waals surface area contributed by atoms with Gasteiger partial charge in [-0.15, -0.1) is 0 Å². The monoisotopic (exact) mass is 393 g/mol. The molecule has 1 saturated carbocycles. The van der Waals surface area contributed by atoms with Crippen LogP contribution in [0.2, 0.25) is 5.02 Å². The molecule has 148 valence electrons. The SMILES string of the molecule is CN(CC(=O)O)C1CCCN(C(=O)NC2CC(c3ccccc3Cl)C2)CC1. The van der Waals surface area contributed by atoms with Gasteiger partial charge < -0.3 is 15.3 Å². The van der Waals surface area contributed by atoms with Crippen molar-refractivity contribution in [2.24, 2.45) is 0 Å². The summed E-state index contributed by atoms with van der Waals surface area (Å²) in [6, 6.07) is 8.33. The van der Waals surface area contributed by atoms with Gasteiger partial charge in [0.05, 0.1) is 6.54 Å². The molecule has 1 heterocycles. The zero-order chi connectivity index (χ0) is 19.4. The van der Waals surface area contributed by atoms with Crippen LogP contribution >= 0.6 is 11.6 Å². The normalized spacial score (nSPS) is 25.6. The predicted molar refractivity (Wildman–Crippen MR) is 105 cm³/mol. The molecule has 3 rings (SSSR count). The van der Waals surface area contributed by atoms with Crippen molar-refractivity contribution in [3.8, 4) is 0 Å². The molecule has 2 amide bonds. The Morgan fingerprint density at radius 3 is 2.70 bits per heavy atom. The summed E-state index contributed by atoms with van der Waals surface area (Å²) in [5, 5.41) is 12.9. The van der Waals surface area contributed by atoms with Crippen molar-refractivity contribution in [3.63, 3.8) is 0 Å². The summed E-state index contributed by atoms with van der Waals surface area (Å²) < 4.78 is 0. The third-order valence-corrected chi connectivity index (χ3v) is 6.15. The maximum Gasteiger partial charge on any atom is 0.317 e. The highest BCUT2D eigenvalue weighted by molar-refractivity contribution is 6.31. The first-order chi connectivity index (χ1) is 12.9. The topological polar surface area (TPSA) is 72.9 Å². The highest BCUT2D eigenvalue weighted by atomic mass is 35.5. The molecule has 6 nitrogen and oxygen atoms in total. The van der Waals surface area contributed by atoms with Crippen molar-refractivity contribution in [3.05, 3.63) is 34.9 Å². The van der Waals surface area contributed by atoms with Crippen LogP contribution in [0.4, 0.5) is 4.79 Å². The number of carboxylic acid groups (broad SMARTS) is 1. The highest BCUT2D eigenvalue weighted by Crippen LogP contribution is 2.39. The average molecular weight is 394 g/mol. The molecule has 0 aromatic heterocycles. The minimum atomic E-state index is -0.811. The van der Waals surface area contributed by atoms with Gasteiger partial charge in [0.25, 0.3) is 0 Å². The fraction of sp³-hybridized carbons (Fsp3) is 0.600. The smallest absolute Gasteiger partial charge is 0.317 e. The Kier molecular flexibility index (Phi) is 6.60. The van der Waals surface area contributed by atoms with Crippen molar-refractivity contribution >= 4 is 23.6 Å².